The van der Waals surface area contributed by atoms with Gasteiger partial charge in [0.1, 0.15) is 0 Å². The molecule has 0 saturated carbocycles. The number of amides is 2. The smallest absolute Gasteiger partial charge is 0.318 e. The number of carbonyl (C=O) groups is 1. The molecular formula is C11H23N5O2. The minimum Gasteiger partial charge on any atom is -0.328 e. The zero-order valence-electron chi connectivity index (χ0n) is 11.0. The number of piperazine rings is 1. The summed E-state index contributed by atoms with van der Waals surface area (Å²) >= 11 is 0. The van der Waals surface area contributed by atoms with Crippen LogP contribution >= 0.6 is 0 Å². The molecule has 104 valence electrons. The van der Waals surface area contributed by atoms with Crippen molar-refractivity contribution in [2.45, 2.75) is 25.4 Å². The van der Waals surface area contributed by atoms with Crippen molar-refractivity contribution in [3.8, 4) is 0 Å². The molecule has 1 heterocycles. The van der Waals surface area contributed by atoms with Gasteiger partial charge in [0.15, 0.2) is 0 Å². The van der Waals surface area contributed by atoms with Crippen molar-refractivity contribution in [3.63, 3.8) is 0 Å². The van der Waals surface area contributed by atoms with Gasteiger partial charge in [0.25, 0.3) is 0 Å². The predicted molar refractivity (Wildman–Crippen MR) is 69.1 cm³/mol. The van der Waals surface area contributed by atoms with E-state index in [0.29, 0.717) is 13.1 Å². The van der Waals surface area contributed by atoms with E-state index < -0.39 is 11.6 Å². The Morgan fingerprint density at radius 3 is 2.50 bits per heavy atom. The van der Waals surface area contributed by atoms with Gasteiger partial charge < -0.3 is 21.3 Å². The summed E-state index contributed by atoms with van der Waals surface area (Å²) in [6, 6.07) is -0.749. The standard InChI is InChI=1S/C11H23N5O2/c1-8(15-18)9(11(2,3)12)14-10(17)16-6-4-13-5-7-16/h9,13,15,18H,1,4-7,12H2,2-3H3,(H,14,17). The maximum absolute atomic E-state index is 12.1. The van der Waals surface area contributed by atoms with Gasteiger partial charge in [-0.25, -0.2) is 4.79 Å². The van der Waals surface area contributed by atoms with Gasteiger partial charge in [-0.15, -0.1) is 0 Å². The van der Waals surface area contributed by atoms with Crippen LogP contribution in [0.1, 0.15) is 13.8 Å². The van der Waals surface area contributed by atoms with E-state index in [0.717, 1.165) is 13.1 Å². The fraction of sp³-hybridized carbons (Fsp3) is 0.727. The number of nitrogens with zero attached hydrogens (tertiary/aromatic N) is 1. The molecule has 1 atom stereocenters. The second-order valence-electron chi connectivity index (χ2n) is 5.08. The third kappa shape index (κ3) is 3.86. The van der Waals surface area contributed by atoms with Gasteiger partial charge in [-0.05, 0) is 13.8 Å². The van der Waals surface area contributed by atoms with E-state index in [2.05, 4.69) is 17.2 Å². The van der Waals surface area contributed by atoms with Crippen molar-refractivity contribution in [2.24, 2.45) is 5.73 Å². The molecule has 18 heavy (non-hydrogen) atoms. The first kappa shape index (κ1) is 14.7. The van der Waals surface area contributed by atoms with Crippen LogP contribution in [0.4, 0.5) is 4.79 Å². The van der Waals surface area contributed by atoms with Crippen LogP contribution in [-0.2, 0) is 0 Å². The molecule has 1 fully saturated rings. The second kappa shape index (κ2) is 6.03. The number of nitrogens with one attached hydrogen (secondary N) is 3. The molecule has 1 aliphatic heterocycles. The van der Waals surface area contributed by atoms with Crippen LogP contribution in [0, 0.1) is 0 Å². The molecule has 0 bridgehead atoms. The Kier molecular flexibility index (Phi) is 4.94. The van der Waals surface area contributed by atoms with Crippen molar-refractivity contribution < 1.29 is 10.0 Å². The molecule has 7 heteroatoms. The minimum absolute atomic E-state index is 0.198. The summed E-state index contributed by atoms with van der Waals surface area (Å²) in [7, 11) is 0. The lowest BCUT2D eigenvalue weighted by atomic mass is 9.94. The highest BCUT2D eigenvalue weighted by Crippen LogP contribution is 2.11. The number of urea groups is 1. The largest absolute Gasteiger partial charge is 0.328 e. The van der Waals surface area contributed by atoms with Crippen LogP contribution in [0.25, 0.3) is 0 Å². The molecule has 1 rings (SSSR count). The van der Waals surface area contributed by atoms with Gasteiger partial charge in [-0.2, -0.15) is 0 Å². The fourth-order valence-corrected chi connectivity index (χ4v) is 1.87. The number of nitrogens with two attached hydrogens (primary N) is 1. The average molecular weight is 257 g/mol. The maximum Gasteiger partial charge on any atom is 0.318 e. The number of hydrogen-bond acceptors (Lipinski definition) is 5. The van der Waals surface area contributed by atoms with Crippen LogP contribution in [0.15, 0.2) is 12.3 Å². The minimum atomic E-state index is -0.726. The van der Waals surface area contributed by atoms with Crippen LogP contribution in [0.2, 0.25) is 0 Å². The summed E-state index contributed by atoms with van der Waals surface area (Å²) in [6.07, 6.45) is 0. The van der Waals surface area contributed by atoms with E-state index in [4.69, 9.17) is 10.9 Å². The number of hydrogen-bond donors (Lipinski definition) is 5. The molecule has 0 radical (unpaired) electrons. The third-order valence-corrected chi connectivity index (χ3v) is 2.91. The first-order valence-corrected chi connectivity index (χ1v) is 6.00. The van der Waals surface area contributed by atoms with Crippen LogP contribution in [0.5, 0.6) is 0 Å². The number of carbonyl (C=O) groups excluding carboxylic acids is 1. The first-order valence-electron chi connectivity index (χ1n) is 6.00. The zero-order chi connectivity index (χ0) is 13.8. The lowest BCUT2D eigenvalue weighted by molar-refractivity contribution is 0.164. The highest BCUT2D eigenvalue weighted by Gasteiger charge is 2.31. The van der Waals surface area contributed by atoms with E-state index in [-0.39, 0.29) is 11.7 Å². The summed E-state index contributed by atoms with van der Waals surface area (Å²) in [5.41, 5.74) is 7.48. The Bertz CT molecular complexity index is 307. The lowest BCUT2D eigenvalue weighted by Gasteiger charge is -2.35. The summed E-state index contributed by atoms with van der Waals surface area (Å²) in [4.78, 5) is 13.8. The summed E-state index contributed by atoms with van der Waals surface area (Å²) in [6.45, 7) is 10.0. The molecule has 2 amide bonds. The predicted octanol–water partition coefficient (Wildman–Crippen LogP) is -0.800. The summed E-state index contributed by atoms with van der Waals surface area (Å²) < 4.78 is 0. The molecule has 6 N–H and O–H groups in total. The van der Waals surface area contributed by atoms with Crippen LogP contribution in [0.3, 0.4) is 0 Å². The third-order valence-electron chi connectivity index (χ3n) is 2.91. The van der Waals surface area contributed by atoms with Gasteiger partial charge in [0, 0.05) is 31.7 Å². The van der Waals surface area contributed by atoms with E-state index in [1.54, 1.807) is 18.7 Å². The number of rotatable bonds is 4. The van der Waals surface area contributed by atoms with Crippen molar-refractivity contribution in [1.82, 2.24) is 21.0 Å². The lowest BCUT2D eigenvalue weighted by Crippen LogP contribution is -2.60. The first-order chi connectivity index (χ1) is 8.36. The summed E-state index contributed by atoms with van der Waals surface area (Å²) in [5, 5.41) is 14.9. The van der Waals surface area contributed by atoms with Crippen LogP contribution < -0.4 is 21.8 Å². The molecule has 0 aliphatic carbocycles. The van der Waals surface area contributed by atoms with Gasteiger partial charge in [-0.3, -0.25) is 10.7 Å². The molecule has 7 nitrogen and oxygen atoms in total. The van der Waals surface area contributed by atoms with Crippen molar-refractivity contribution in [2.75, 3.05) is 26.2 Å². The Balaban J connectivity index is 2.65. The highest BCUT2D eigenvalue weighted by molar-refractivity contribution is 5.75. The summed E-state index contributed by atoms with van der Waals surface area (Å²) in [5.74, 6) is 0. The van der Waals surface area contributed by atoms with E-state index in [1.165, 1.54) is 0 Å². The normalized spacial score (nSPS) is 18.1. The Morgan fingerprint density at radius 1 is 1.50 bits per heavy atom. The topological polar surface area (TPSA) is 103 Å². The van der Waals surface area contributed by atoms with Gasteiger partial charge in [0.2, 0.25) is 0 Å². The zero-order valence-corrected chi connectivity index (χ0v) is 11.0. The molecule has 0 aromatic heterocycles. The molecule has 0 spiro atoms. The average Bonchev–Trinajstić information content (AvgIpc) is 2.34. The van der Waals surface area contributed by atoms with Crippen molar-refractivity contribution in [1.29, 1.82) is 0 Å². The second-order valence-corrected chi connectivity index (χ2v) is 5.08. The van der Waals surface area contributed by atoms with E-state index >= 15 is 0 Å². The van der Waals surface area contributed by atoms with Crippen molar-refractivity contribution >= 4 is 6.03 Å². The highest BCUT2D eigenvalue weighted by atomic mass is 16.5. The molecule has 1 saturated heterocycles. The Hall–Kier alpha value is -1.31. The van der Waals surface area contributed by atoms with E-state index in [1.807, 2.05) is 5.48 Å². The van der Waals surface area contributed by atoms with Crippen LogP contribution in [-0.4, -0.2) is 53.9 Å². The van der Waals surface area contributed by atoms with Gasteiger partial charge >= 0.3 is 6.03 Å². The molecule has 0 aromatic carbocycles. The SMILES string of the molecule is C=C(NO)C(NC(=O)N1CCNCC1)C(C)(C)N. The Labute approximate surface area is 107 Å². The Morgan fingerprint density at radius 2 is 2.06 bits per heavy atom. The number of hydroxylamine groups is 1. The molecular weight excluding hydrogens is 234 g/mol. The monoisotopic (exact) mass is 257 g/mol. The van der Waals surface area contributed by atoms with Gasteiger partial charge in [0.05, 0.1) is 11.7 Å². The van der Waals surface area contributed by atoms with E-state index in [9.17, 15) is 4.79 Å². The molecule has 1 unspecified atom stereocenters. The fourth-order valence-electron chi connectivity index (χ4n) is 1.87. The molecule has 1 aliphatic rings. The molecule has 0 aromatic rings. The quantitative estimate of drug-likeness (QED) is 0.424. The maximum atomic E-state index is 12.1. The van der Waals surface area contributed by atoms with Crippen molar-refractivity contribution in [3.05, 3.63) is 12.3 Å². The van der Waals surface area contributed by atoms with Gasteiger partial charge in [-0.1, -0.05) is 6.58 Å².